The second-order valence-corrected chi connectivity index (χ2v) is 5.95. The van der Waals surface area contributed by atoms with Gasteiger partial charge in [-0.05, 0) is 37.1 Å². The van der Waals surface area contributed by atoms with Crippen LogP contribution < -0.4 is 10.1 Å². The number of benzene rings is 1. The van der Waals surface area contributed by atoms with Gasteiger partial charge in [-0.25, -0.2) is 0 Å². The van der Waals surface area contributed by atoms with Gasteiger partial charge >= 0.3 is 5.71 Å². The second-order valence-electron chi connectivity index (χ2n) is 5.95. The molecule has 0 unspecified atom stereocenters. The van der Waals surface area contributed by atoms with E-state index < -0.39 is 0 Å². The van der Waals surface area contributed by atoms with Gasteiger partial charge in [-0.3, -0.25) is 4.79 Å². The number of hydrogen-bond acceptors (Lipinski definition) is 4. The molecule has 0 atom stereocenters. The third-order valence-electron chi connectivity index (χ3n) is 3.85. The largest absolute Gasteiger partial charge is 0.497 e. The van der Waals surface area contributed by atoms with Crippen LogP contribution in [0.3, 0.4) is 0 Å². The Morgan fingerprint density at radius 1 is 1.15 bits per heavy atom. The van der Waals surface area contributed by atoms with Gasteiger partial charge in [0.2, 0.25) is 5.76 Å². The van der Waals surface area contributed by atoms with Crippen LogP contribution in [0.5, 0.6) is 5.75 Å². The molecule has 7 nitrogen and oxygen atoms in total. The Hall–Kier alpha value is -3.05. The van der Waals surface area contributed by atoms with Crippen LogP contribution in [-0.4, -0.2) is 36.7 Å². The summed E-state index contributed by atoms with van der Waals surface area (Å²) in [4.78, 5) is 15.9. The average molecular weight is 371 g/mol. The zero-order chi connectivity index (χ0) is 19.6. The second kappa shape index (κ2) is 10.2. The molecule has 0 aromatic heterocycles. The molecule has 0 bridgehead atoms. The average Bonchev–Trinajstić information content (AvgIpc) is 2.71. The van der Waals surface area contributed by atoms with Crippen molar-refractivity contribution >= 4 is 11.6 Å². The van der Waals surface area contributed by atoms with Crippen molar-refractivity contribution in [3.05, 3.63) is 58.7 Å². The quantitative estimate of drug-likeness (QED) is 0.531. The summed E-state index contributed by atoms with van der Waals surface area (Å²) in [7, 11) is 1.57. The number of amides is 1. The zero-order valence-electron chi connectivity index (χ0n) is 15.9. The van der Waals surface area contributed by atoms with Gasteiger partial charge in [0.15, 0.2) is 0 Å². The highest BCUT2D eigenvalue weighted by molar-refractivity contribution is 5.99. The Morgan fingerprint density at radius 3 is 2.41 bits per heavy atom. The number of hydrogen-bond donors (Lipinski definition) is 1. The molecule has 27 heavy (non-hydrogen) atoms. The number of nitrogens with one attached hydrogen (secondary N) is 1. The Labute approximate surface area is 159 Å². The molecule has 0 fully saturated rings. The first-order valence-corrected chi connectivity index (χ1v) is 9.00. The van der Waals surface area contributed by atoms with Gasteiger partial charge in [-0.1, -0.05) is 13.8 Å². The molecule has 0 spiro atoms. The van der Waals surface area contributed by atoms with E-state index in [1.807, 2.05) is 13.8 Å². The Morgan fingerprint density at radius 2 is 1.81 bits per heavy atom. The molecule has 2 rings (SSSR count). The summed E-state index contributed by atoms with van der Waals surface area (Å²) in [6, 6.07) is 6.81. The molecule has 7 heteroatoms. The number of nitrogens with zero attached hydrogens (tertiary/aromatic N) is 2. The molecule has 1 aromatic carbocycles. The van der Waals surface area contributed by atoms with Crippen molar-refractivity contribution in [2.75, 3.05) is 20.3 Å². The van der Waals surface area contributed by atoms with Gasteiger partial charge in [-0.2, -0.15) is 4.79 Å². The van der Waals surface area contributed by atoms with E-state index >= 15 is 0 Å². The maximum atomic E-state index is 12.6. The fourth-order valence-electron chi connectivity index (χ4n) is 2.45. The molecule has 0 heterocycles. The molecule has 144 valence electrons. The molecule has 0 radical (unpaired) electrons. The van der Waals surface area contributed by atoms with Gasteiger partial charge in [0.05, 0.1) is 26.0 Å². The fraction of sp³-hybridized carbons (Fsp3) is 0.400. The third kappa shape index (κ3) is 5.46. The van der Waals surface area contributed by atoms with Crippen LogP contribution in [0.25, 0.3) is 5.53 Å². The number of methoxy groups -OCH3 is 1. The molecule has 1 N–H and O–H groups in total. The van der Waals surface area contributed by atoms with E-state index in [2.05, 4.69) is 10.1 Å². The van der Waals surface area contributed by atoms with Gasteiger partial charge in [0, 0.05) is 11.6 Å². The van der Waals surface area contributed by atoms with Crippen molar-refractivity contribution in [3.63, 3.8) is 0 Å². The van der Waals surface area contributed by atoms with E-state index in [0.717, 1.165) is 12.8 Å². The van der Waals surface area contributed by atoms with Crippen molar-refractivity contribution < 1.29 is 23.8 Å². The first-order chi connectivity index (χ1) is 13.1. The molecule has 1 aliphatic rings. The van der Waals surface area contributed by atoms with E-state index in [-0.39, 0.29) is 12.3 Å². The van der Waals surface area contributed by atoms with Crippen molar-refractivity contribution in [2.45, 2.75) is 33.1 Å². The fourth-order valence-corrected chi connectivity index (χ4v) is 2.45. The van der Waals surface area contributed by atoms with Gasteiger partial charge < -0.3 is 25.1 Å². The summed E-state index contributed by atoms with van der Waals surface area (Å²) in [5, 5.41) is 2.86. The van der Waals surface area contributed by atoms with Gasteiger partial charge in [0.25, 0.3) is 5.91 Å². The number of carbonyl (C=O) groups is 1. The van der Waals surface area contributed by atoms with Crippen molar-refractivity contribution in [2.24, 2.45) is 0 Å². The predicted molar refractivity (Wildman–Crippen MR) is 101 cm³/mol. The molecule has 1 aromatic rings. The van der Waals surface area contributed by atoms with Gasteiger partial charge in [0.1, 0.15) is 17.9 Å². The molecule has 0 saturated carbocycles. The standard InChI is InChI=1S/C20H25N3O4/c1-4-10-26-18-13-17(23-21)19(27-11-5-2)12-16(18)22-20(24)14-6-8-15(25-3)9-7-14/h6-9,12H,4-5,10-11,13H2,1-3H3,(H,22,24). The minimum atomic E-state index is -0.277. The third-order valence-corrected chi connectivity index (χ3v) is 3.85. The first-order valence-electron chi connectivity index (χ1n) is 9.00. The van der Waals surface area contributed by atoms with Crippen molar-refractivity contribution in [3.8, 4) is 5.75 Å². The van der Waals surface area contributed by atoms with E-state index in [1.165, 1.54) is 0 Å². The molecular formula is C20H25N3O4. The van der Waals surface area contributed by atoms with Crippen LogP contribution in [0.2, 0.25) is 0 Å². The van der Waals surface area contributed by atoms with Crippen LogP contribution in [0, 0.1) is 0 Å². The molecule has 1 amide bonds. The number of rotatable bonds is 9. The summed E-state index contributed by atoms with van der Waals surface area (Å²) < 4.78 is 16.5. The topological polar surface area (TPSA) is 93.2 Å². The highest BCUT2D eigenvalue weighted by atomic mass is 16.5. The number of carbonyl (C=O) groups excluding carboxylic acids is 1. The lowest BCUT2D eigenvalue weighted by atomic mass is 10.1. The maximum absolute atomic E-state index is 12.6. The van der Waals surface area contributed by atoms with Crippen LogP contribution in [0.1, 0.15) is 43.5 Å². The Balaban J connectivity index is 2.28. The lowest BCUT2D eigenvalue weighted by Crippen LogP contribution is -2.28. The van der Waals surface area contributed by atoms with Crippen LogP contribution in [0.4, 0.5) is 0 Å². The van der Waals surface area contributed by atoms with Crippen LogP contribution in [-0.2, 0) is 9.47 Å². The minimum Gasteiger partial charge on any atom is -0.497 e. The maximum Gasteiger partial charge on any atom is 0.341 e. The minimum absolute atomic E-state index is 0.240. The highest BCUT2D eigenvalue weighted by Crippen LogP contribution is 2.23. The molecule has 1 aliphatic carbocycles. The van der Waals surface area contributed by atoms with Crippen molar-refractivity contribution in [1.29, 1.82) is 0 Å². The Kier molecular flexibility index (Phi) is 7.64. The molecular weight excluding hydrogens is 346 g/mol. The summed E-state index contributed by atoms with van der Waals surface area (Å²) in [5.74, 6) is 1.36. The van der Waals surface area contributed by atoms with Crippen LogP contribution >= 0.6 is 0 Å². The smallest absolute Gasteiger partial charge is 0.341 e. The SMILES string of the molecule is CCCOC1=CC(NC(=O)c2ccc(OC)cc2)=C(OCCC)CC1=[N+]=[N-]. The lowest BCUT2D eigenvalue weighted by Gasteiger charge is -2.19. The van der Waals surface area contributed by atoms with E-state index in [4.69, 9.17) is 14.2 Å². The predicted octanol–water partition coefficient (Wildman–Crippen LogP) is 3.45. The van der Waals surface area contributed by atoms with E-state index in [0.29, 0.717) is 47.5 Å². The zero-order valence-corrected chi connectivity index (χ0v) is 15.9. The molecule has 0 saturated heterocycles. The first kappa shape index (κ1) is 20.3. The summed E-state index contributed by atoms with van der Waals surface area (Å²) in [6.07, 6.45) is 3.51. The van der Waals surface area contributed by atoms with E-state index in [1.54, 1.807) is 37.5 Å². The summed E-state index contributed by atoms with van der Waals surface area (Å²) >= 11 is 0. The Bertz CT molecular complexity index is 775. The van der Waals surface area contributed by atoms with E-state index in [9.17, 15) is 10.3 Å². The normalized spacial score (nSPS) is 13.6. The van der Waals surface area contributed by atoms with Gasteiger partial charge in [-0.15, -0.1) is 0 Å². The van der Waals surface area contributed by atoms with Crippen molar-refractivity contribution in [1.82, 2.24) is 5.32 Å². The number of ether oxygens (including phenoxy) is 3. The monoisotopic (exact) mass is 371 g/mol. The summed E-state index contributed by atoms with van der Waals surface area (Å²) in [6.45, 7) is 4.95. The van der Waals surface area contributed by atoms with Crippen LogP contribution in [0.15, 0.2) is 47.6 Å². The lowest BCUT2D eigenvalue weighted by molar-refractivity contribution is -0.0139. The summed E-state index contributed by atoms with van der Waals surface area (Å²) in [5.41, 5.74) is 10.7. The molecule has 0 aliphatic heterocycles. The number of allylic oxidation sites excluding steroid dienone is 3. The highest BCUT2D eigenvalue weighted by Gasteiger charge is 2.29.